The molecule has 0 saturated carbocycles. The molecule has 0 atom stereocenters. The van der Waals surface area contributed by atoms with Crippen molar-refractivity contribution in [2.75, 3.05) is 0 Å². The van der Waals surface area contributed by atoms with Gasteiger partial charge in [0.1, 0.15) is 0 Å². The summed E-state index contributed by atoms with van der Waals surface area (Å²) in [5.41, 5.74) is 8.19. The van der Waals surface area contributed by atoms with Gasteiger partial charge in [0.05, 0.1) is 0 Å². The Morgan fingerprint density at radius 1 is 1.21 bits per heavy atom. The van der Waals surface area contributed by atoms with Crippen LogP contribution in [0.25, 0.3) is 0 Å². The molecule has 0 heterocycles. The largest absolute Gasteiger partial charge is 0.201 e. The number of hydrogen-bond acceptors (Lipinski definition) is 0. The first-order chi connectivity index (χ1) is 6.77. The quantitative estimate of drug-likeness (QED) is 0.515. The highest BCUT2D eigenvalue weighted by Gasteiger charge is 2.04. The van der Waals surface area contributed by atoms with Crippen molar-refractivity contribution in [3.63, 3.8) is 0 Å². The van der Waals surface area contributed by atoms with Crippen LogP contribution in [0, 0.1) is 30.9 Å². The van der Waals surface area contributed by atoms with Crippen molar-refractivity contribution in [3.8, 4) is 23.9 Å². The zero-order chi connectivity index (χ0) is 10.4. The van der Waals surface area contributed by atoms with Crippen LogP contribution in [0.1, 0.15) is 11.1 Å². The van der Waals surface area contributed by atoms with Gasteiger partial charge in [0.15, 0.2) is 0 Å². The van der Waals surface area contributed by atoms with Crippen LogP contribution in [0.4, 0.5) is 0 Å². The Morgan fingerprint density at radius 2 is 1.86 bits per heavy atom. The fraction of sp³-hybridized carbons (Fsp3) is 0.231. The van der Waals surface area contributed by atoms with E-state index >= 15 is 0 Å². The Hall–Kier alpha value is -1.44. The van der Waals surface area contributed by atoms with Gasteiger partial charge >= 0.3 is 0 Å². The second-order valence-electron chi connectivity index (χ2n) is 3.35. The van der Waals surface area contributed by atoms with Crippen molar-refractivity contribution < 1.29 is 0 Å². The van der Waals surface area contributed by atoms with E-state index in [0.717, 1.165) is 12.5 Å². The van der Waals surface area contributed by atoms with Crippen LogP contribution in [-0.2, 0) is 6.42 Å². The van der Waals surface area contributed by atoms with Gasteiger partial charge in [-0.05, 0) is 30.5 Å². The number of terminal acetylenes is 2. The van der Waals surface area contributed by atoms with Crippen LogP contribution < -0.4 is 0 Å². The van der Waals surface area contributed by atoms with E-state index in [1.165, 1.54) is 11.1 Å². The maximum Gasteiger partial charge on any atom is 0.201 e. The Balaban J connectivity index is 2.60. The molecule has 0 aliphatic heterocycles. The minimum absolute atomic E-state index is 1.01. The lowest BCUT2D eigenvalue weighted by atomic mass is 10.1. The zero-order valence-corrected chi connectivity index (χ0v) is 9.61. The molecule has 1 aromatic carbocycles. The molecule has 0 saturated heterocycles. The van der Waals surface area contributed by atoms with E-state index in [1.807, 2.05) is 0 Å². The third-order valence-corrected chi connectivity index (χ3v) is 4.04. The van der Waals surface area contributed by atoms with Crippen LogP contribution in [0.3, 0.4) is 0 Å². The van der Waals surface area contributed by atoms with E-state index in [-0.39, 0.29) is 0 Å². The van der Waals surface area contributed by atoms with Gasteiger partial charge < -0.3 is 0 Å². The molecule has 14 heavy (non-hydrogen) atoms. The predicted octanol–water partition coefficient (Wildman–Crippen LogP) is 2.11. The first-order valence-electron chi connectivity index (χ1n) is 4.74. The monoisotopic (exact) mass is 198 g/mol. The lowest BCUT2D eigenvalue weighted by molar-refractivity contribution is 1.09. The smallest absolute Gasteiger partial charge is 0.126 e. The SMILES string of the molecule is C#C[SiH](C#C)CCc1ccccc1C. The molecule has 1 aromatic rings. The van der Waals surface area contributed by atoms with Gasteiger partial charge in [-0.25, -0.2) is 0 Å². The third-order valence-electron chi connectivity index (χ3n) is 2.37. The average Bonchev–Trinajstić information content (AvgIpc) is 2.22. The van der Waals surface area contributed by atoms with Gasteiger partial charge in [-0.15, -0.1) is 23.9 Å². The summed E-state index contributed by atoms with van der Waals surface area (Å²) in [7, 11) is -1.33. The number of hydrogen-bond donors (Lipinski definition) is 0. The summed E-state index contributed by atoms with van der Waals surface area (Å²) in [6, 6.07) is 9.39. The summed E-state index contributed by atoms with van der Waals surface area (Å²) in [4.78, 5) is 0. The topological polar surface area (TPSA) is 0 Å². The Kier molecular flexibility index (Phi) is 4.04. The van der Waals surface area contributed by atoms with Crippen LogP contribution >= 0.6 is 0 Å². The molecule has 0 amide bonds. The fourth-order valence-corrected chi connectivity index (χ4v) is 2.43. The molecule has 1 rings (SSSR count). The fourth-order valence-electron chi connectivity index (χ4n) is 1.41. The summed E-state index contributed by atoms with van der Waals surface area (Å²) < 4.78 is 0. The van der Waals surface area contributed by atoms with Crippen molar-refractivity contribution in [3.05, 3.63) is 35.4 Å². The first kappa shape index (κ1) is 10.6. The van der Waals surface area contributed by atoms with E-state index in [9.17, 15) is 0 Å². The Labute approximate surface area is 88.0 Å². The summed E-state index contributed by atoms with van der Waals surface area (Å²) in [6.45, 7) is 2.12. The van der Waals surface area contributed by atoms with Crippen molar-refractivity contribution in [2.24, 2.45) is 0 Å². The van der Waals surface area contributed by atoms with Gasteiger partial charge in [0.2, 0.25) is 8.80 Å². The Bertz CT molecular complexity index is 365. The highest BCUT2D eigenvalue weighted by Crippen LogP contribution is 2.10. The molecule has 0 nitrogen and oxygen atoms in total. The molecule has 1 heteroatoms. The van der Waals surface area contributed by atoms with E-state index in [4.69, 9.17) is 12.8 Å². The summed E-state index contributed by atoms with van der Waals surface area (Å²) in [5.74, 6) is 0. The highest BCUT2D eigenvalue weighted by molar-refractivity contribution is 6.75. The van der Waals surface area contributed by atoms with Crippen molar-refractivity contribution >= 4 is 8.80 Å². The van der Waals surface area contributed by atoms with E-state index in [2.05, 4.69) is 42.3 Å². The minimum atomic E-state index is -1.33. The zero-order valence-electron chi connectivity index (χ0n) is 8.46. The second-order valence-corrected chi connectivity index (χ2v) is 5.70. The summed E-state index contributed by atoms with van der Waals surface area (Å²) in [6.07, 6.45) is 11.7. The molecular formula is C13H14Si. The molecule has 0 fully saturated rings. The molecule has 0 aromatic heterocycles. The Morgan fingerprint density at radius 3 is 2.43 bits per heavy atom. The van der Waals surface area contributed by atoms with Gasteiger partial charge in [-0.2, -0.15) is 0 Å². The molecular weight excluding hydrogens is 184 g/mol. The first-order valence-corrected chi connectivity index (χ1v) is 6.72. The summed E-state index contributed by atoms with van der Waals surface area (Å²) >= 11 is 0. The maximum atomic E-state index is 5.35. The van der Waals surface area contributed by atoms with Crippen molar-refractivity contribution in [1.82, 2.24) is 0 Å². The number of aryl methyl sites for hydroxylation is 2. The minimum Gasteiger partial charge on any atom is -0.126 e. The number of rotatable bonds is 3. The standard InChI is InChI=1S/C13H14Si/c1-4-14(5-2)11-10-13-9-7-6-8-12(13)3/h1-2,6-9,14H,10-11H2,3H3. The van der Waals surface area contributed by atoms with Crippen LogP contribution in [0.15, 0.2) is 24.3 Å². The molecule has 0 unspecified atom stereocenters. The second kappa shape index (κ2) is 5.32. The van der Waals surface area contributed by atoms with Gasteiger partial charge in [0.25, 0.3) is 0 Å². The highest BCUT2D eigenvalue weighted by atomic mass is 28.3. The van der Waals surface area contributed by atoms with Crippen molar-refractivity contribution in [2.45, 2.75) is 19.4 Å². The normalized spacial score (nSPS) is 9.43. The van der Waals surface area contributed by atoms with Gasteiger partial charge in [-0.3, -0.25) is 0 Å². The molecule has 0 radical (unpaired) electrons. The summed E-state index contributed by atoms with van der Waals surface area (Å²) in [5, 5.41) is 0. The van der Waals surface area contributed by atoms with E-state index < -0.39 is 8.80 Å². The predicted molar refractivity (Wildman–Crippen MR) is 64.5 cm³/mol. The molecule has 70 valence electrons. The molecule has 0 bridgehead atoms. The average molecular weight is 198 g/mol. The lowest BCUT2D eigenvalue weighted by Crippen LogP contribution is -2.08. The molecule has 0 spiro atoms. The van der Waals surface area contributed by atoms with Crippen LogP contribution in [0.5, 0.6) is 0 Å². The maximum absolute atomic E-state index is 5.35. The van der Waals surface area contributed by atoms with E-state index in [0.29, 0.717) is 0 Å². The molecule has 0 aliphatic carbocycles. The van der Waals surface area contributed by atoms with Gasteiger partial charge in [0, 0.05) is 0 Å². The van der Waals surface area contributed by atoms with Crippen LogP contribution in [-0.4, -0.2) is 8.80 Å². The molecule has 0 aliphatic rings. The van der Waals surface area contributed by atoms with Gasteiger partial charge in [-0.1, -0.05) is 24.3 Å². The lowest BCUT2D eigenvalue weighted by Gasteiger charge is -2.05. The van der Waals surface area contributed by atoms with Crippen molar-refractivity contribution in [1.29, 1.82) is 0 Å². The number of benzene rings is 1. The third kappa shape index (κ3) is 2.80. The van der Waals surface area contributed by atoms with E-state index in [1.54, 1.807) is 0 Å². The molecule has 0 N–H and O–H groups in total. The van der Waals surface area contributed by atoms with Crippen LogP contribution in [0.2, 0.25) is 6.04 Å².